The summed E-state index contributed by atoms with van der Waals surface area (Å²) in [5.41, 5.74) is 1.49. The SMILES string of the molecule is Cc1ccc(N2C(=O)C3N=NN(CC(=O)NC45CC6CC(CC(C6)C4)C5)C3C2=O)cc1. The third-order valence-electron chi connectivity index (χ3n) is 7.90. The summed E-state index contributed by atoms with van der Waals surface area (Å²) in [6.45, 7) is 1.90. The lowest BCUT2D eigenvalue weighted by molar-refractivity contribution is -0.129. The fraction of sp³-hybridized carbons (Fsp3) is 0.609. The third-order valence-corrected chi connectivity index (χ3v) is 7.90. The molecule has 1 saturated heterocycles. The van der Waals surface area contributed by atoms with Gasteiger partial charge in [0.05, 0.1) is 5.69 Å². The van der Waals surface area contributed by atoms with E-state index in [1.54, 1.807) is 12.1 Å². The number of rotatable bonds is 4. The summed E-state index contributed by atoms with van der Waals surface area (Å²) in [6.07, 6.45) is 7.13. The Morgan fingerprint density at radius 1 is 1.03 bits per heavy atom. The Labute approximate surface area is 181 Å². The molecule has 2 unspecified atom stereocenters. The van der Waals surface area contributed by atoms with Gasteiger partial charge in [0, 0.05) is 5.54 Å². The first-order chi connectivity index (χ1) is 14.9. The number of carbonyl (C=O) groups excluding carboxylic acids is 3. The van der Waals surface area contributed by atoms with Gasteiger partial charge in [-0.05, 0) is 75.3 Å². The topological polar surface area (TPSA) is 94.4 Å². The molecule has 4 saturated carbocycles. The highest BCUT2D eigenvalue weighted by Crippen LogP contribution is 2.55. The van der Waals surface area contributed by atoms with Gasteiger partial charge in [-0.15, -0.1) is 0 Å². The molecule has 0 spiro atoms. The van der Waals surface area contributed by atoms with Gasteiger partial charge in [0.25, 0.3) is 11.8 Å². The maximum atomic E-state index is 13.1. The lowest BCUT2D eigenvalue weighted by atomic mass is 9.53. The minimum Gasteiger partial charge on any atom is -0.349 e. The van der Waals surface area contributed by atoms with E-state index in [4.69, 9.17) is 0 Å². The maximum Gasteiger partial charge on any atom is 0.263 e. The molecule has 3 amide bonds. The first kappa shape index (κ1) is 19.0. The Bertz CT molecular complexity index is 952. The fourth-order valence-electron chi connectivity index (χ4n) is 7.05. The highest BCUT2D eigenvalue weighted by atomic mass is 16.2. The summed E-state index contributed by atoms with van der Waals surface area (Å²) in [4.78, 5) is 40.1. The number of imide groups is 1. The van der Waals surface area contributed by atoms with Gasteiger partial charge in [0.1, 0.15) is 6.54 Å². The van der Waals surface area contributed by atoms with Crippen LogP contribution in [0.3, 0.4) is 0 Å². The van der Waals surface area contributed by atoms with Crippen molar-refractivity contribution >= 4 is 23.4 Å². The van der Waals surface area contributed by atoms with Crippen molar-refractivity contribution in [2.45, 2.75) is 63.1 Å². The van der Waals surface area contributed by atoms with Gasteiger partial charge >= 0.3 is 0 Å². The first-order valence-electron chi connectivity index (χ1n) is 11.3. The van der Waals surface area contributed by atoms with Crippen LogP contribution in [0.1, 0.15) is 44.1 Å². The van der Waals surface area contributed by atoms with Crippen LogP contribution in [0.2, 0.25) is 0 Å². The average Bonchev–Trinajstić information content (AvgIpc) is 3.21. The van der Waals surface area contributed by atoms with E-state index in [0.29, 0.717) is 5.69 Å². The Kier molecular flexibility index (Phi) is 4.04. The molecule has 6 aliphatic rings. The molecule has 2 aliphatic heterocycles. The molecule has 2 atom stereocenters. The molecule has 162 valence electrons. The van der Waals surface area contributed by atoms with Gasteiger partial charge in [-0.1, -0.05) is 22.9 Å². The van der Waals surface area contributed by atoms with Crippen LogP contribution in [-0.2, 0) is 14.4 Å². The summed E-state index contributed by atoms with van der Waals surface area (Å²) in [5, 5.41) is 12.8. The van der Waals surface area contributed by atoms with Crippen LogP contribution < -0.4 is 10.2 Å². The number of nitrogens with zero attached hydrogens (tertiary/aromatic N) is 4. The standard InChI is InChI=1S/C23H27N5O3/c1-13-2-4-17(5-3-13)28-21(30)19-20(22(28)31)27(26-25-19)12-18(29)24-23-9-14-6-15(10-23)8-16(7-14)11-23/h2-5,14-16,19-20H,6-12H2,1H3,(H,24,29). The normalized spacial score (nSPS) is 37.6. The molecule has 0 radical (unpaired) electrons. The number of carbonyl (C=O) groups is 3. The zero-order valence-corrected chi connectivity index (χ0v) is 17.7. The summed E-state index contributed by atoms with van der Waals surface area (Å²) >= 11 is 0. The Morgan fingerprint density at radius 3 is 2.26 bits per heavy atom. The first-order valence-corrected chi connectivity index (χ1v) is 11.3. The number of aryl methyl sites for hydroxylation is 1. The molecule has 4 aliphatic carbocycles. The van der Waals surface area contributed by atoms with E-state index in [0.717, 1.165) is 42.6 Å². The summed E-state index contributed by atoms with van der Waals surface area (Å²) < 4.78 is 0. The fourth-order valence-corrected chi connectivity index (χ4v) is 7.05. The number of fused-ring (bicyclic) bond motifs is 1. The van der Waals surface area contributed by atoms with Gasteiger partial charge < -0.3 is 5.32 Å². The second kappa shape index (κ2) is 6.61. The van der Waals surface area contributed by atoms with Crippen molar-refractivity contribution < 1.29 is 14.4 Å². The van der Waals surface area contributed by atoms with Crippen molar-refractivity contribution in [3.05, 3.63) is 29.8 Å². The molecular formula is C23H27N5O3. The zero-order valence-electron chi connectivity index (χ0n) is 17.7. The van der Waals surface area contributed by atoms with Crippen LogP contribution in [0, 0.1) is 24.7 Å². The van der Waals surface area contributed by atoms with Crippen molar-refractivity contribution in [3.8, 4) is 0 Å². The zero-order chi connectivity index (χ0) is 21.3. The number of nitrogens with one attached hydrogen (secondary N) is 1. The van der Waals surface area contributed by atoms with Crippen molar-refractivity contribution in [3.63, 3.8) is 0 Å². The Balaban J connectivity index is 1.16. The molecule has 4 bridgehead atoms. The second-order valence-corrected chi connectivity index (χ2v) is 10.3. The van der Waals surface area contributed by atoms with Crippen molar-refractivity contribution in [1.82, 2.24) is 10.3 Å². The maximum absolute atomic E-state index is 13.1. The molecular weight excluding hydrogens is 394 g/mol. The number of amides is 3. The van der Waals surface area contributed by atoms with Crippen LogP contribution in [0.4, 0.5) is 5.69 Å². The van der Waals surface area contributed by atoms with Gasteiger partial charge in [0.2, 0.25) is 5.91 Å². The summed E-state index contributed by atoms with van der Waals surface area (Å²) in [7, 11) is 0. The Hall–Kier alpha value is -2.77. The van der Waals surface area contributed by atoms with Crippen molar-refractivity contribution in [1.29, 1.82) is 0 Å². The van der Waals surface area contributed by atoms with E-state index in [1.807, 2.05) is 19.1 Å². The lowest BCUT2D eigenvalue weighted by Gasteiger charge is -2.57. The molecule has 1 aromatic carbocycles. The highest BCUT2D eigenvalue weighted by Gasteiger charge is 2.56. The van der Waals surface area contributed by atoms with Gasteiger partial charge in [0.15, 0.2) is 12.1 Å². The highest BCUT2D eigenvalue weighted by molar-refractivity contribution is 6.25. The smallest absolute Gasteiger partial charge is 0.263 e. The predicted molar refractivity (Wildman–Crippen MR) is 112 cm³/mol. The minimum atomic E-state index is -0.874. The number of anilines is 1. The number of hydrogen-bond donors (Lipinski definition) is 1. The van der Waals surface area contributed by atoms with Crippen LogP contribution in [0.15, 0.2) is 34.6 Å². The quantitative estimate of drug-likeness (QED) is 0.755. The molecule has 0 aromatic heterocycles. The van der Waals surface area contributed by atoms with Crippen LogP contribution in [0.25, 0.3) is 0 Å². The average molecular weight is 422 g/mol. The van der Waals surface area contributed by atoms with Crippen LogP contribution in [-0.4, -0.2) is 46.9 Å². The van der Waals surface area contributed by atoms with E-state index in [1.165, 1.54) is 29.2 Å². The minimum absolute atomic E-state index is 0.0484. The van der Waals surface area contributed by atoms with E-state index >= 15 is 0 Å². The van der Waals surface area contributed by atoms with Gasteiger partial charge in [-0.3, -0.25) is 19.4 Å². The number of hydrogen-bond acceptors (Lipinski definition) is 6. The van der Waals surface area contributed by atoms with E-state index in [2.05, 4.69) is 15.7 Å². The van der Waals surface area contributed by atoms with E-state index in [9.17, 15) is 14.4 Å². The molecule has 5 fully saturated rings. The molecule has 1 N–H and O–H groups in total. The molecule has 8 nitrogen and oxygen atoms in total. The largest absolute Gasteiger partial charge is 0.349 e. The van der Waals surface area contributed by atoms with Crippen LogP contribution in [0.5, 0.6) is 0 Å². The Morgan fingerprint density at radius 2 is 1.65 bits per heavy atom. The van der Waals surface area contributed by atoms with E-state index in [-0.39, 0.29) is 29.8 Å². The second-order valence-electron chi connectivity index (χ2n) is 10.3. The van der Waals surface area contributed by atoms with Crippen LogP contribution >= 0.6 is 0 Å². The summed E-state index contributed by atoms with van der Waals surface area (Å²) in [5.74, 6) is 1.33. The van der Waals surface area contributed by atoms with Gasteiger partial charge in [-0.25, -0.2) is 4.90 Å². The van der Waals surface area contributed by atoms with E-state index < -0.39 is 12.1 Å². The molecule has 31 heavy (non-hydrogen) atoms. The molecule has 1 aromatic rings. The molecule has 7 rings (SSSR count). The van der Waals surface area contributed by atoms with Crippen molar-refractivity contribution in [2.24, 2.45) is 28.1 Å². The monoisotopic (exact) mass is 421 g/mol. The predicted octanol–water partition coefficient (Wildman–Crippen LogP) is 2.37. The third kappa shape index (κ3) is 2.98. The summed E-state index contributed by atoms with van der Waals surface area (Å²) in [6, 6.07) is 5.53. The molecule has 2 heterocycles. The van der Waals surface area contributed by atoms with Crippen molar-refractivity contribution in [2.75, 3.05) is 11.4 Å². The lowest BCUT2D eigenvalue weighted by Crippen LogP contribution is -2.61. The van der Waals surface area contributed by atoms with Gasteiger partial charge in [-0.2, -0.15) is 5.11 Å². The number of benzene rings is 1. The molecule has 8 heteroatoms.